The van der Waals surface area contributed by atoms with Gasteiger partial charge in [-0.2, -0.15) is 0 Å². The summed E-state index contributed by atoms with van der Waals surface area (Å²) in [5.41, 5.74) is 3.45. The molecular formula is C21H17ClO3. The predicted octanol–water partition coefficient (Wildman–Crippen LogP) is 5.30. The van der Waals surface area contributed by atoms with Gasteiger partial charge in [-0.05, 0) is 42.3 Å². The molecule has 0 heterocycles. The molecule has 126 valence electrons. The summed E-state index contributed by atoms with van der Waals surface area (Å²) in [6, 6.07) is 22.7. The SMILES string of the molecule is Cc1ccc(-c2ccc(OCC(=O)Oc3ccccc3Cl)cc2)cc1. The Labute approximate surface area is 151 Å². The van der Waals surface area contributed by atoms with Crippen LogP contribution in [0.3, 0.4) is 0 Å². The minimum Gasteiger partial charge on any atom is -0.482 e. The van der Waals surface area contributed by atoms with Crippen molar-refractivity contribution in [1.29, 1.82) is 0 Å². The maximum Gasteiger partial charge on any atom is 0.349 e. The van der Waals surface area contributed by atoms with E-state index < -0.39 is 5.97 Å². The average molecular weight is 353 g/mol. The number of benzene rings is 3. The first kappa shape index (κ1) is 17.1. The van der Waals surface area contributed by atoms with Crippen LogP contribution in [0.1, 0.15) is 5.56 Å². The van der Waals surface area contributed by atoms with Crippen LogP contribution in [0.15, 0.2) is 72.8 Å². The highest BCUT2D eigenvalue weighted by Gasteiger charge is 2.09. The van der Waals surface area contributed by atoms with Gasteiger partial charge < -0.3 is 9.47 Å². The topological polar surface area (TPSA) is 35.5 Å². The van der Waals surface area contributed by atoms with Gasteiger partial charge in [0, 0.05) is 0 Å². The van der Waals surface area contributed by atoms with Crippen LogP contribution in [0.25, 0.3) is 11.1 Å². The first-order valence-corrected chi connectivity index (χ1v) is 8.25. The number of halogens is 1. The van der Waals surface area contributed by atoms with Crippen molar-refractivity contribution in [2.75, 3.05) is 6.61 Å². The molecule has 3 aromatic rings. The van der Waals surface area contributed by atoms with Gasteiger partial charge in [-0.15, -0.1) is 0 Å². The van der Waals surface area contributed by atoms with Crippen LogP contribution in [0, 0.1) is 6.92 Å². The maximum absolute atomic E-state index is 11.9. The molecular weight excluding hydrogens is 336 g/mol. The Balaban J connectivity index is 1.57. The molecule has 0 aliphatic carbocycles. The van der Waals surface area contributed by atoms with Crippen molar-refractivity contribution in [1.82, 2.24) is 0 Å². The van der Waals surface area contributed by atoms with Gasteiger partial charge in [-0.1, -0.05) is 65.7 Å². The first-order valence-electron chi connectivity index (χ1n) is 7.87. The zero-order chi connectivity index (χ0) is 17.6. The lowest BCUT2D eigenvalue weighted by atomic mass is 10.0. The Bertz CT molecular complexity index is 855. The summed E-state index contributed by atoms with van der Waals surface area (Å²) in [4.78, 5) is 11.9. The van der Waals surface area contributed by atoms with Gasteiger partial charge in [0.05, 0.1) is 5.02 Å². The molecule has 0 saturated heterocycles. The van der Waals surface area contributed by atoms with Gasteiger partial charge in [0.25, 0.3) is 0 Å². The largest absolute Gasteiger partial charge is 0.482 e. The van der Waals surface area contributed by atoms with E-state index in [1.165, 1.54) is 5.56 Å². The Kier molecular flexibility index (Phi) is 5.36. The fraction of sp³-hybridized carbons (Fsp3) is 0.0952. The lowest BCUT2D eigenvalue weighted by Gasteiger charge is -2.08. The summed E-state index contributed by atoms with van der Waals surface area (Å²) in [5.74, 6) is 0.426. The lowest BCUT2D eigenvalue weighted by molar-refractivity contribution is -0.136. The molecule has 0 bridgehead atoms. The summed E-state index contributed by atoms with van der Waals surface area (Å²) in [6.07, 6.45) is 0. The monoisotopic (exact) mass is 352 g/mol. The second-order valence-corrected chi connectivity index (χ2v) is 5.99. The molecule has 0 fully saturated rings. The van der Waals surface area contributed by atoms with Crippen molar-refractivity contribution in [3.05, 3.63) is 83.4 Å². The maximum atomic E-state index is 11.9. The number of hydrogen-bond donors (Lipinski definition) is 0. The van der Waals surface area contributed by atoms with Crippen LogP contribution in [0.4, 0.5) is 0 Å². The molecule has 0 spiro atoms. The van der Waals surface area contributed by atoms with Crippen molar-refractivity contribution < 1.29 is 14.3 Å². The van der Waals surface area contributed by atoms with Crippen LogP contribution in [-0.2, 0) is 4.79 Å². The van der Waals surface area contributed by atoms with E-state index >= 15 is 0 Å². The van der Waals surface area contributed by atoms with E-state index in [1.54, 1.807) is 24.3 Å². The molecule has 0 aliphatic rings. The number of para-hydroxylation sites is 1. The van der Waals surface area contributed by atoms with Crippen LogP contribution in [-0.4, -0.2) is 12.6 Å². The number of esters is 1. The highest BCUT2D eigenvalue weighted by atomic mass is 35.5. The third-order valence-electron chi connectivity index (χ3n) is 3.66. The molecule has 3 rings (SSSR count). The second-order valence-electron chi connectivity index (χ2n) is 5.58. The van der Waals surface area contributed by atoms with Gasteiger partial charge in [0.2, 0.25) is 0 Å². The normalized spacial score (nSPS) is 10.3. The van der Waals surface area contributed by atoms with Crippen molar-refractivity contribution >= 4 is 17.6 Å². The molecule has 0 aliphatic heterocycles. The standard InChI is InChI=1S/C21H17ClO3/c1-15-6-8-16(9-7-15)17-10-12-18(13-11-17)24-14-21(23)25-20-5-3-2-4-19(20)22/h2-13H,14H2,1H3. The molecule has 3 nitrogen and oxygen atoms in total. The van der Waals surface area contributed by atoms with Crippen LogP contribution in [0.5, 0.6) is 11.5 Å². The number of ether oxygens (including phenoxy) is 2. The fourth-order valence-corrected chi connectivity index (χ4v) is 2.49. The van der Waals surface area contributed by atoms with Gasteiger partial charge in [0.15, 0.2) is 6.61 Å². The average Bonchev–Trinajstić information content (AvgIpc) is 2.63. The molecule has 3 aromatic carbocycles. The van der Waals surface area contributed by atoms with E-state index in [4.69, 9.17) is 21.1 Å². The number of aryl methyl sites for hydroxylation is 1. The summed E-state index contributed by atoms with van der Waals surface area (Å²) in [7, 11) is 0. The van der Waals surface area contributed by atoms with Crippen LogP contribution in [0.2, 0.25) is 5.02 Å². The number of hydrogen-bond acceptors (Lipinski definition) is 3. The molecule has 0 N–H and O–H groups in total. The molecule has 0 unspecified atom stereocenters. The Morgan fingerprint density at radius 1 is 0.880 bits per heavy atom. The third kappa shape index (κ3) is 4.61. The van der Waals surface area contributed by atoms with Crippen molar-refractivity contribution in [3.63, 3.8) is 0 Å². The Morgan fingerprint density at radius 2 is 1.48 bits per heavy atom. The third-order valence-corrected chi connectivity index (χ3v) is 3.97. The Hall–Kier alpha value is -2.78. The second kappa shape index (κ2) is 7.86. The minimum absolute atomic E-state index is 0.185. The zero-order valence-electron chi connectivity index (χ0n) is 13.7. The van der Waals surface area contributed by atoms with E-state index in [-0.39, 0.29) is 6.61 Å². The first-order chi connectivity index (χ1) is 12.1. The number of rotatable bonds is 5. The zero-order valence-corrected chi connectivity index (χ0v) is 14.5. The predicted molar refractivity (Wildman–Crippen MR) is 99.2 cm³/mol. The summed E-state index contributed by atoms with van der Waals surface area (Å²) in [5, 5.41) is 0.387. The number of carbonyl (C=O) groups is 1. The van der Waals surface area contributed by atoms with Gasteiger partial charge in [-0.25, -0.2) is 4.79 Å². The van der Waals surface area contributed by atoms with Crippen molar-refractivity contribution in [2.24, 2.45) is 0 Å². The molecule has 0 radical (unpaired) electrons. The highest BCUT2D eigenvalue weighted by molar-refractivity contribution is 6.32. The van der Waals surface area contributed by atoms with E-state index in [1.807, 2.05) is 24.3 Å². The molecule has 0 amide bonds. The van der Waals surface area contributed by atoms with E-state index in [2.05, 4.69) is 31.2 Å². The van der Waals surface area contributed by atoms with E-state index in [0.717, 1.165) is 11.1 Å². The summed E-state index contributed by atoms with van der Waals surface area (Å²) in [6.45, 7) is 1.87. The lowest BCUT2D eigenvalue weighted by Crippen LogP contribution is -2.17. The van der Waals surface area contributed by atoms with Crippen LogP contribution >= 0.6 is 11.6 Å². The summed E-state index contributed by atoms with van der Waals surface area (Å²) < 4.78 is 10.6. The van der Waals surface area contributed by atoms with E-state index in [0.29, 0.717) is 16.5 Å². The summed E-state index contributed by atoms with van der Waals surface area (Å²) >= 11 is 5.95. The molecule has 0 atom stereocenters. The van der Waals surface area contributed by atoms with Gasteiger partial charge in [0.1, 0.15) is 11.5 Å². The fourth-order valence-electron chi connectivity index (χ4n) is 2.31. The molecule has 0 saturated carbocycles. The Morgan fingerprint density at radius 3 is 2.12 bits per heavy atom. The minimum atomic E-state index is -0.504. The van der Waals surface area contributed by atoms with E-state index in [9.17, 15) is 4.79 Å². The van der Waals surface area contributed by atoms with Crippen molar-refractivity contribution in [2.45, 2.75) is 6.92 Å². The van der Waals surface area contributed by atoms with Gasteiger partial charge in [-0.3, -0.25) is 0 Å². The quantitative estimate of drug-likeness (QED) is 0.461. The van der Waals surface area contributed by atoms with Crippen LogP contribution < -0.4 is 9.47 Å². The highest BCUT2D eigenvalue weighted by Crippen LogP contribution is 2.24. The molecule has 4 heteroatoms. The molecule has 25 heavy (non-hydrogen) atoms. The number of carbonyl (C=O) groups excluding carboxylic acids is 1. The van der Waals surface area contributed by atoms with Gasteiger partial charge >= 0.3 is 5.97 Å². The smallest absolute Gasteiger partial charge is 0.349 e. The molecule has 0 aromatic heterocycles. The van der Waals surface area contributed by atoms with Crippen molar-refractivity contribution in [3.8, 4) is 22.6 Å².